The summed E-state index contributed by atoms with van der Waals surface area (Å²) in [7, 11) is -4.22. The van der Waals surface area contributed by atoms with E-state index in [-0.39, 0.29) is 0 Å². The molecule has 2 N–H and O–H groups in total. The maximum Gasteiger partial charge on any atom is 0.357 e. The van der Waals surface area contributed by atoms with Gasteiger partial charge in [-0.25, -0.2) is 0 Å². The molecule has 0 amide bonds. The molecule has 1 aliphatic rings. The molecule has 1 saturated heterocycles. The Labute approximate surface area is 136 Å². The lowest BCUT2D eigenvalue weighted by Gasteiger charge is -2.37. The van der Waals surface area contributed by atoms with Gasteiger partial charge in [0.1, 0.15) is 0 Å². The van der Waals surface area contributed by atoms with Crippen LogP contribution in [0.2, 0.25) is 0 Å². The zero-order valence-electron chi connectivity index (χ0n) is 12.6. The van der Waals surface area contributed by atoms with Crippen molar-refractivity contribution in [3.8, 4) is 0 Å². The lowest BCUT2D eigenvalue weighted by molar-refractivity contribution is 0.489. The predicted molar refractivity (Wildman–Crippen MR) is 92.5 cm³/mol. The van der Waals surface area contributed by atoms with Gasteiger partial charge in [-0.15, -0.1) is 0 Å². The quantitative estimate of drug-likeness (QED) is 0.840. The Hall–Kier alpha value is -2.25. The van der Waals surface area contributed by atoms with Crippen LogP contribution >= 0.6 is 0 Å². The molecule has 1 heterocycles. The fraction of sp³-hybridized carbons (Fsp3) is 0.250. The summed E-state index contributed by atoms with van der Waals surface area (Å²) in [6.45, 7) is 3.68. The molecule has 2 aromatic rings. The third-order valence-corrected chi connectivity index (χ3v) is 4.37. The number of para-hydroxylation sites is 1. The first-order valence-electron chi connectivity index (χ1n) is 7.41. The third-order valence-electron chi connectivity index (χ3n) is 3.88. The van der Waals surface area contributed by atoms with Crippen LogP contribution in [-0.4, -0.2) is 39.1 Å². The first-order chi connectivity index (χ1) is 11.0. The molecule has 0 atom stereocenters. The van der Waals surface area contributed by atoms with Crippen molar-refractivity contribution in [1.82, 2.24) is 0 Å². The van der Waals surface area contributed by atoms with Crippen LogP contribution in [-0.2, 0) is 10.3 Å². The molecule has 0 bridgehead atoms. The highest BCUT2D eigenvalue weighted by molar-refractivity contribution is 7.87. The number of rotatable bonds is 4. The van der Waals surface area contributed by atoms with Crippen molar-refractivity contribution in [3.05, 3.63) is 54.6 Å². The van der Waals surface area contributed by atoms with Crippen molar-refractivity contribution in [2.45, 2.75) is 0 Å². The van der Waals surface area contributed by atoms with Gasteiger partial charge in [-0.1, -0.05) is 18.2 Å². The maximum absolute atomic E-state index is 10.8. The summed E-state index contributed by atoms with van der Waals surface area (Å²) >= 11 is 0. The van der Waals surface area contributed by atoms with E-state index in [0.29, 0.717) is 5.69 Å². The van der Waals surface area contributed by atoms with E-state index in [1.165, 1.54) is 5.69 Å². The molecule has 1 fully saturated rings. The summed E-state index contributed by atoms with van der Waals surface area (Å²) in [5, 5.41) is 0. The van der Waals surface area contributed by atoms with Crippen LogP contribution in [0.4, 0.5) is 17.1 Å². The first-order valence-corrected chi connectivity index (χ1v) is 8.85. The van der Waals surface area contributed by atoms with Crippen molar-refractivity contribution in [2.24, 2.45) is 0 Å². The molecule has 6 nitrogen and oxygen atoms in total. The first kappa shape index (κ1) is 15.6. The molecule has 3 rings (SSSR count). The van der Waals surface area contributed by atoms with Crippen LogP contribution in [0.5, 0.6) is 0 Å². The molecule has 0 spiro atoms. The highest BCUT2D eigenvalue weighted by Crippen LogP contribution is 2.22. The summed E-state index contributed by atoms with van der Waals surface area (Å²) in [5.41, 5.74) is 2.62. The van der Waals surface area contributed by atoms with Crippen LogP contribution in [0, 0.1) is 0 Å². The Morgan fingerprint density at radius 1 is 0.783 bits per heavy atom. The van der Waals surface area contributed by atoms with Gasteiger partial charge in [0.25, 0.3) is 0 Å². The third kappa shape index (κ3) is 4.14. The monoisotopic (exact) mass is 333 g/mol. The van der Waals surface area contributed by atoms with E-state index in [4.69, 9.17) is 4.55 Å². The highest BCUT2D eigenvalue weighted by Gasteiger charge is 2.17. The van der Waals surface area contributed by atoms with E-state index in [1.54, 1.807) is 12.1 Å². The molecular weight excluding hydrogens is 314 g/mol. The summed E-state index contributed by atoms with van der Waals surface area (Å²) in [5.74, 6) is 0. The molecular formula is C16H19N3O3S. The van der Waals surface area contributed by atoms with Crippen LogP contribution < -0.4 is 14.5 Å². The van der Waals surface area contributed by atoms with E-state index in [0.717, 1.165) is 31.9 Å². The summed E-state index contributed by atoms with van der Waals surface area (Å²) in [4.78, 5) is 4.61. The van der Waals surface area contributed by atoms with Gasteiger partial charge in [0, 0.05) is 37.6 Å². The minimum atomic E-state index is -4.22. The van der Waals surface area contributed by atoms with Gasteiger partial charge in [0.2, 0.25) is 0 Å². The number of benzene rings is 2. The van der Waals surface area contributed by atoms with E-state index in [9.17, 15) is 8.42 Å². The Kier molecular flexibility index (Phi) is 4.40. The number of nitrogens with zero attached hydrogens (tertiary/aromatic N) is 2. The molecule has 23 heavy (non-hydrogen) atoms. The number of hydrogen-bond donors (Lipinski definition) is 2. The molecule has 7 heteroatoms. The Bertz CT molecular complexity index is 740. The number of piperazine rings is 1. The van der Waals surface area contributed by atoms with E-state index in [1.807, 2.05) is 35.1 Å². The van der Waals surface area contributed by atoms with Gasteiger partial charge in [-0.2, -0.15) is 8.42 Å². The average molecular weight is 333 g/mol. The maximum atomic E-state index is 10.8. The molecule has 0 aromatic heterocycles. The van der Waals surface area contributed by atoms with Crippen LogP contribution in [0.1, 0.15) is 0 Å². The van der Waals surface area contributed by atoms with Crippen LogP contribution in [0.3, 0.4) is 0 Å². The molecule has 0 aliphatic carbocycles. The Morgan fingerprint density at radius 3 is 1.74 bits per heavy atom. The number of anilines is 3. The van der Waals surface area contributed by atoms with Gasteiger partial charge in [0.05, 0.1) is 5.69 Å². The fourth-order valence-corrected chi connectivity index (χ4v) is 3.18. The van der Waals surface area contributed by atoms with Crippen LogP contribution in [0.15, 0.2) is 54.6 Å². The lowest BCUT2D eigenvalue weighted by atomic mass is 10.2. The largest absolute Gasteiger partial charge is 0.368 e. The summed E-state index contributed by atoms with van der Waals surface area (Å²) in [6, 6.07) is 17.3. The second-order valence-electron chi connectivity index (χ2n) is 5.43. The molecule has 0 saturated carbocycles. The second kappa shape index (κ2) is 6.47. The fourth-order valence-electron chi connectivity index (χ4n) is 2.75. The lowest BCUT2D eigenvalue weighted by Crippen LogP contribution is -2.46. The van der Waals surface area contributed by atoms with Crippen LogP contribution in [0.25, 0.3) is 0 Å². The topological polar surface area (TPSA) is 72.9 Å². The van der Waals surface area contributed by atoms with E-state index in [2.05, 4.69) is 21.9 Å². The van der Waals surface area contributed by atoms with Gasteiger partial charge < -0.3 is 9.80 Å². The predicted octanol–water partition coefficient (Wildman–Crippen LogP) is 2.23. The summed E-state index contributed by atoms with van der Waals surface area (Å²) < 4.78 is 32.4. The molecule has 1 aliphatic heterocycles. The SMILES string of the molecule is O=S(=O)(O)Nc1ccc(N2CCN(c3ccccc3)CC2)cc1. The minimum absolute atomic E-state index is 0.346. The number of hydrogen-bond acceptors (Lipinski definition) is 4. The minimum Gasteiger partial charge on any atom is -0.368 e. The molecule has 122 valence electrons. The van der Waals surface area contributed by atoms with Crippen molar-refractivity contribution in [2.75, 3.05) is 40.7 Å². The molecule has 2 aromatic carbocycles. The van der Waals surface area contributed by atoms with Crippen molar-refractivity contribution < 1.29 is 13.0 Å². The van der Waals surface area contributed by atoms with Crippen molar-refractivity contribution in [1.29, 1.82) is 0 Å². The zero-order valence-corrected chi connectivity index (χ0v) is 13.4. The average Bonchev–Trinajstić information content (AvgIpc) is 2.55. The Morgan fingerprint density at radius 2 is 1.26 bits per heavy atom. The standard InChI is InChI=1S/C16H19N3O3S/c20-23(21,22)17-14-6-8-16(9-7-14)19-12-10-18(11-13-19)15-4-2-1-3-5-15/h1-9,17H,10-13H2,(H,20,21,22). The van der Waals surface area contributed by atoms with Gasteiger partial charge in [-0.3, -0.25) is 9.27 Å². The van der Waals surface area contributed by atoms with Gasteiger partial charge in [0.15, 0.2) is 0 Å². The van der Waals surface area contributed by atoms with E-state index < -0.39 is 10.3 Å². The normalized spacial score (nSPS) is 15.5. The van der Waals surface area contributed by atoms with Crippen molar-refractivity contribution >= 4 is 27.4 Å². The van der Waals surface area contributed by atoms with Gasteiger partial charge in [-0.05, 0) is 36.4 Å². The zero-order chi connectivity index (χ0) is 16.3. The molecule has 0 radical (unpaired) electrons. The Balaban J connectivity index is 1.61. The number of nitrogens with one attached hydrogen (secondary N) is 1. The highest BCUT2D eigenvalue weighted by atomic mass is 32.2. The van der Waals surface area contributed by atoms with Crippen molar-refractivity contribution in [3.63, 3.8) is 0 Å². The summed E-state index contributed by atoms with van der Waals surface area (Å²) in [6.07, 6.45) is 0. The van der Waals surface area contributed by atoms with E-state index >= 15 is 0 Å². The smallest absolute Gasteiger partial charge is 0.357 e. The second-order valence-corrected chi connectivity index (χ2v) is 6.59. The van der Waals surface area contributed by atoms with Gasteiger partial charge >= 0.3 is 10.3 Å². The molecule has 0 unspecified atom stereocenters.